The van der Waals surface area contributed by atoms with E-state index >= 15 is 0 Å². The smallest absolute Gasteiger partial charge is 0.257 e. The van der Waals surface area contributed by atoms with Gasteiger partial charge in [0.1, 0.15) is 5.52 Å². The molecule has 9 heteroatoms. The number of fused-ring (bicyclic) bond motifs is 1. The van der Waals surface area contributed by atoms with Crippen LogP contribution in [0.2, 0.25) is 5.02 Å². The first-order chi connectivity index (χ1) is 17.5. The van der Waals surface area contributed by atoms with Crippen LogP contribution in [0.25, 0.3) is 11.1 Å². The number of nitrogens with one attached hydrogen (secondary N) is 1. The minimum atomic E-state index is -0.142. The molecule has 2 heterocycles. The molecule has 1 aliphatic heterocycles. The summed E-state index contributed by atoms with van der Waals surface area (Å²) in [6.07, 6.45) is 0. The number of halogens is 1. The lowest BCUT2D eigenvalue weighted by Gasteiger charge is -2.36. The van der Waals surface area contributed by atoms with E-state index in [0.717, 1.165) is 35.6 Å². The number of aryl methyl sites for hydroxylation is 1. The third-order valence-electron chi connectivity index (χ3n) is 6.12. The SMILES string of the molecule is Cc1ccccc1C(=O)N1CCN(c2ccc(NC(=O)CSc3nc4cc(Cl)ccc4o3)cc2)CC1. The number of benzene rings is 3. The quantitative estimate of drug-likeness (QED) is 0.339. The van der Waals surface area contributed by atoms with E-state index in [-0.39, 0.29) is 17.6 Å². The van der Waals surface area contributed by atoms with Gasteiger partial charge in [-0.1, -0.05) is 41.6 Å². The largest absolute Gasteiger partial charge is 0.431 e. The van der Waals surface area contributed by atoms with Gasteiger partial charge in [0.2, 0.25) is 5.91 Å². The van der Waals surface area contributed by atoms with Crippen LogP contribution in [0.1, 0.15) is 15.9 Å². The van der Waals surface area contributed by atoms with Gasteiger partial charge in [0.15, 0.2) is 5.58 Å². The van der Waals surface area contributed by atoms with Crippen LogP contribution in [0, 0.1) is 6.92 Å². The van der Waals surface area contributed by atoms with Crippen LogP contribution in [0.3, 0.4) is 0 Å². The van der Waals surface area contributed by atoms with Crippen molar-refractivity contribution in [2.24, 2.45) is 0 Å². The van der Waals surface area contributed by atoms with Crippen molar-refractivity contribution in [3.63, 3.8) is 0 Å². The molecule has 1 N–H and O–H groups in total. The van der Waals surface area contributed by atoms with E-state index in [9.17, 15) is 9.59 Å². The number of hydrogen-bond donors (Lipinski definition) is 1. The maximum absolute atomic E-state index is 12.9. The Balaban J connectivity index is 1.11. The molecule has 0 aliphatic carbocycles. The second kappa shape index (κ2) is 10.6. The van der Waals surface area contributed by atoms with E-state index in [2.05, 4.69) is 15.2 Å². The van der Waals surface area contributed by atoms with E-state index in [0.29, 0.717) is 34.4 Å². The normalized spacial score (nSPS) is 13.7. The fourth-order valence-corrected chi connectivity index (χ4v) is 4.98. The van der Waals surface area contributed by atoms with Crippen molar-refractivity contribution >= 4 is 57.7 Å². The number of carbonyl (C=O) groups excluding carboxylic acids is 2. The zero-order valence-electron chi connectivity index (χ0n) is 19.7. The van der Waals surface area contributed by atoms with Crippen LogP contribution in [0.4, 0.5) is 11.4 Å². The number of anilines is 2. The Bertz CT molecular complexity index is 1400. The molecule has 0 unspecified atom stereocenters. The first-order valence-corrected chi connectivity index (χ1v) is 13.0. The van der Waals surface area contributed by atoms with Gasteiger partial charge in [-0.3, -0.25) is 9.59 Å². The summed E-state index contributed by atoms with van der Waals surface area (Å²) >= 11 is 7.22. The highest BCUT2D eigenvalue weighted by Gasteiger charge is 2.23. The maximum Gasteiger partial charge on any atom is 0.257 e. The third-order valence-corrected chi connectivity index (χ3v) is 7.18. The minimum absolute atomic E-state index is 0.0883. The molecule has 0 radical (unpaired) electrons. The monoisotopic (exact) mass is 520 g/mol. The van der Waals surface area contributed by atoms with E-state index in [1.807, 2.05) is 60.4 Å². The summed E-state index contributed by atoms with van der Waals surface area (Å²) < 4.78 is 5.64. The number of rotatable bonds is 6. The Kier molecular flexibility index (Phi) is 7.16. The van der Waals surface area contributed by atoms with Gasteiger partial charge in [-0.25, -0.2) is 4.98 Å². The number of piperazine rings is 1. The van der Waals surface area contributed by atoms with Gasteiger partial charge >= 0.3 is 0 Å². The van der Waals surface area contributed by atoms with Gasteiger partial charge < -0.3 is 19.5 Å². The highest BCUT2D eigenvalue weighted by Crippen LogP contribution is 2.26. The van der Waals surface area contributed by atoms with Crippen molar-refractivity contribution in [1.29, 1.82) is 0 Å². The predicted octanol–water partition coefficient (Wildman–Crippen LogP) is 5.48. The average Bonchev–Trinajstić information content (AvgIpc) is 3.30. The van der Waals surface area contributed by atoms with Crippen molar-refractivity contribution in [1.82, 2.24) is 9.88 Å². The number of aromatic nitrogens is 1. The van der Waals surface area contributed by atoms with Crippen molar-refractivity contribution in [2.75, 3.05) is 42.1 Å². The zero-order valence-corrected chi connectivity index (χ0v) is 21.3. The van der Waals surface area contributed by atoms with Crippen LogP contribution >= 0.6 is 23.4 Å². The van der Waals surface area contributed by atoms with E-state index in [1.165, 1.54) is 11.8 Å². The summed E-state index contributed by atoms with van der Waals surface area (Å²) in [5.41, 5.74) is 4.86. The summed E-state index contributed by atoms with van der Waals surface area (Å²) in [5.74, 6) is 0.126. The Morgan fingerprint density at radius 2 is 1.78 bits per heavy atom. The first kappa shape index (κ1) is 24.2. The number of hydrogen-bond acceptors (Lipinski definition) is 6. The highest BCUT2D eigenvalue weighted by atomic mass is 35.5. The summed E-state index contributed by atoms with van der Waals surface area (Å²) in [6, 6.07) is 20.7. The maximum atomic E-state index is 12.9. The molecule has 0 atom stereocenters. The van der Waals surface area contributed by atoms with Crippen molar-refractivity contribution in [3.05, 3.63) is 82.9 Å². The van der Waals surface area contributed by atoms with Gasteiger partial charge in [0, 0.05) is 48.1 Å². The molecule has 1 aromatic heterocycles. The average molecular weight is 521 g/mol. The molecule has 1 fully saturated rings. The molecule has 0 spiro atoms. The summed E-state index contributed by atoms with van der Waals surface area (Å²) in [7, 11) is 0. The molecular weight excluding hydrogens is 496 g/mol. The van der Waals surface area contributed by atoms with Crippen LogP contribution in [-0.2, 0) is 4.79 Å². The molecule has 1 aliphatic rings. The lowest BCUT2D eigenvalue weighted by Crippen LogP contribution is -2.48. The van der Waals surface area contributed by atoms with E-state index in [1.54, 1.807) is 18.2 Å². The lowest BCUT2D eigenvalue weighted by atomic mass is 10.1. The Labute approximate surface area is 218 Å². The molecule has 7 nitrogen and oxygen atoms in total. The van der Waals surface area contributed by atoms with Gasteiger partial charge in [-0.05, 0) is 61.0 Å². The van der Waals surface area contributed by atoms with Crippen molar-refractivity contribution in [2.45, 2.75) is 12.1 Å². The summed E-state index contributed by atoms with van der Waals surface area (Å²) in [6.45, 7) is 4.83. The molecule has 36 heavy (non-hydrogen) atoms. The summed E-state index contributed by atoms with van der Waals surface area (Å²) in [5, 5.41) is 3.93. The van der Waals surface area contributed by atoms with E-state index < -0.39 is 0 Å². The van der Waals surface area contributed by atoms with Crippen molar-refractivity contribution in [3.8, 4) is 0 Å². The standard InChI is InChI=1S/C27H25ClN4O3S/c1-18-4-2-3-5-22(18)26(34)32-14-12-31(13-15-32)21-9-7-20(8-10-21)29-25(33)17-36-27-30-23-16-19(28)6-11-24(23)35-27/h2-11,16H,12-15,17H2,1H3,(H,29,33). The number of oxazole rings is 1. The Morgan fingerprint density at radius 1 is 1.03 bits per heavy atom. The highest BCUT2D eigenvalue weighted by molar-refractivity contribution is 7.99. The molecule has 4 aromatic rings. The molecule has 2 amide bonds. The molecular formula is C27H25ClN4O3S. The number of amides is 2. The zero-order chi connectivity index (χ0) is 25.1. The van der Waals surface area contributed by atoms with E-state index in [4.69, 9.17) is 16.0 Å². The molecule has 1 saturated heterocycles. The Hall–Kier alpha value is -3.49. The Morgan fingerprint density at radius 3 is 2.53 bits per heavy atom. The number of thioether (sulfide) groups is 1. The fourth-order valence-electron chi connectivity index (χ4n) is 4.17. The number of nitrogens with zero attached hydrogens (tertiary/aromatic N) is 3. The van der Waals surface area contributed by atoms with Gasteiger partial charge in [-0.15, -0.1) is 0 Å². The fraction of sp³-hybridized carbons (Fsp3) is 0.222. The van der Waals surface area contributed by atoms with Crippen LogP contribution < -0.4 is 10.2 Å². The molecule has 5 rings (SSSR count). The number of carbonyl (C=O) groups is 2. The lowest BCUT2D eigenvalue weighted by molar-refractivity contribution is -0.113. The molecule has 3 aromatic carbocycles. The topological polar surface area (TPSA) is 78.7 Å². The van der Waals surface area contributed by atoms with Crippen molar-refractivity contribution < 1.29 is 14.0 Å². The van der Waals surface area contributed by atoms with Crippen LogP contribution in [0.5, 0.6) is 0 Å². The third kappa shape index (κ3) is 5.50. The van der Waals surface area contributed by atoms with Crippen LogP contribution in [0.15, 0.2) is 76.4 Å². The van der Waals surface area contributed by atoms with Gasteiger partial charge in [0.05, 0.1) is 5.75 Å². The predicted molar refractivity (Wildman–Crippen MR) is 144 cm³/mol. The summed E-state index contributed by atoms with van der Waals surface area (Å²) in [4.78, 5) is 33.8. The van der Waals surface area contributed by atoms with Gasteiger partial charge in [-0.2, -0.15) is 0 Å². The second-order valence-corrected chi connectivity index (χ2v) is 9.93. The van der Waals surface area contributed by atoms with Gasteiger partial charge in [0.25, 0.3) is 11.1 Å². The molecule has 0 bridgehead atoms. The second-order valence-electron chi connectivity index (χ2n) is 8.57. The first-order valence-electron chi connectivity index (χ1n) is 11.6. The minimum Gasteiger partial charge on any atom is -0.431 e. The molecule has 184 valence electrons. The van der Waals surface area contributed by atoms with Crippen LogP contribution in [-0.4, -0.2) is 53.6 Å². The molecule has 0 saturated carbocycles.